The minimum absolute atomic E-state index is 0.00937. The number of aliphatic hydroxyl groups is 1. The van der Waals surface area contributed by atoms with Gasteiger partial charge in [0.05, 0.1) is 29.1 Å². The first-order chi connectivity index (χ1) is 19.2. The number of ketones is 1. The second kappa shape index (κ2) is 9.69. The van der Waals surface area contributed by atoms with Crippen molar-refractivity contribution in [3.8, 4) is 17.1 Å². The molecule has 1 aliphatic carbocycles. The first kappa shape index (κ1) is 25.4. The summed E-state index contributed by atoms with van der Waals surface area (Å²) in [7, 11) is 1.75. The second-order valence-corrected chi connectivity index (χ2v) is 9.94. The van der Waals surface area contributed by atoms with Crippen LogP contribution in [0.25, 0.3) is 27.8 Å². The molecule has 1 saturated carbocycles. The summed E-state index contributed by atoms with van der Waals surface area (Å²) in [6.07, 6.45) is 5.35. The van der Waals surface area contributed by atoms with Gasteiger partial charge in [0.15, 0.2) is 11.6 Å². The summed E-state index contributed by atoms with van der Waals surface area (Å²) in [5.41, 5.74) is 8.59. The number of hydrogen-bond acceptors (Lipinski definition) is 8. The number of benzene rings is 2. The largest absolute Gasteiger partial charge is 0.392 e. The molecule has 3 aromatic heterocycles. The number of rotatable bonds is 7. The summed E-state index contributed by atoms with van der Waals surface area (Å²) in [4.78, 5) is 38.2. The molecule has 6 rings (SSSR count). The number of halogens is 1. The fraction of sp³-hybridized carbons (Fsp3) is 0.207. The topological polar surface area (TPSA) is 141 Å². The minimum atomic E-state index is -0.560. The predicted molar refractivity (Wildman–Crippen MR) is 149 cm³/mol. The zero-order valence-corrected chi connectivity index (χ0v) is 21.8. The van der Waals surface area contributed by atoms with E-state index in [1.54, 1.807) is 54.3 Å². The van der Waals surface area contributed by atoms with Crippen molar-refractivity contribution in [1.29, 1.82) is 0 Å². The lowest BCUT2D eigenvalue weighted by atomic mass is 10.0. The Hall–Kier alpha value is -4.90. The molecule has 0 spiro atoms. The highest BCUT2D eigenvalue weighted by Crippen LogP contribution is 2.41. The fourth-order valence-electron chi connectivity index (χ4n) is 5.05. The average Bonchev–Trinajstić information content (AvgIpc) is 3.70. The molecule has 40 heavy (non-hydrogen) atoms. The van der Waals surface area contributed by atoms with Crippen molar-refractivity contribution in [3.05, 3.63) is 87.9 Å². The molecule has 10 nitrogen and oxygen atoms in total. The smallest absolute Gasteiger partial charge is 0.265 e. The predicted octanol–water partition coefficient (Wildman–Crippen LogP) is 4.22. The number of hydrogen-bond donors (Lipinski definition) is 3. The maximum atomic E-state index is 15.1. The van der Waals surface area contributed by atoms with Gasteiger partial charge in [-0.1, -0.05) is 18.2 Å². The van der Waals surface area contributed by atoms with Gasteiger partial charge in [-0.25, -0.2) is 4.39 Å². The molecular weight excluding hydrogens is 513 g/mol. The van der Waals surface area contributed by atoms with Gasteiger partial charge in [0.25, 0.3) is 5.56 Å². The molecule has 5 aromatic rings. The molecule has 1 aliphatic rings. The van der Waals surface area contributed by atoms with Crippen molar-refractivity contribution in [1.82, 2.24) is 24.1 Å². The van der Waals surface area contributed by atoms with Crippen molar-refractivity contribution in [2.24, 2.45) is 7.05 Å². The first-order valence-corrected chi connectivity index (χ1v) is 12.8. The number of fused-ring (bicyclic) bond motifs is 1. The van der Waals surface area contributed by atoms with Gasteiger partial charge in [-0.05, 0) is 54.0 Å². The molecule has 1 fully saturated rings. The molecule has 0 radical (unpaired) electrons. The van der Waals surface area contributed by atoms with E-state index in [2.05, 4.69) is 20.3 Å². The third kappa shape index (κ3) is 4.50. The summed E-state index contributed by atoms with van der Waals surface area (Å²) in [5.74, 6) is -0.0740. The molecule has 0 atom stereocenters. The number of aromatic nitrogens is 5. The van der Waals surface area contributed by atoms with Crippen LogP contribution >= 0.6 is 0 Å². The quantitative estimate of drug-likeness (QED) is 0.261. The Morgan fingerprint density at radius 3 is 2.67 bits per heavy atom. The van der Waals surface area contributed by atoms with E-state index >= 15 is 4.39 Å². The van der Waals surface area contributed by atoms with E-state index in [1.165, 1.54) is 17.6 Å². The molecule has 0 aliphatic heterocycles. The second-order valence-electron chi connectivity index (χ2n) is 9.94. The zero-order valence-electron chi connectivity index (χ0n) is 21.8. The molecule has 11 heteroatoms. The highest BCUT2D eigenvalue weighted by atomic mass is 19.1. The van der Waals surface area contributed by atoms with Gasteiger partial charge in [-0.2, -0.15) is 15.0 Å². The van der Waals surface area contributed by atoms with Crippen LogP contribution in [0.15, 0.2) is 59.7 Å². The maximum Gasteiger partial charge on any atom is 0.265 e. The molecule has 0 saturated heterocycles. The van der Waals surface area contributed by atoms with Crippen LogP contribution < -0.4 is 16.6 Å². The zero-order chi connectivity index (χ0) is 28.1. The van der Waals surface area contributed by atoms with Crippen LogP contribution in [0, 0.1) is 5.82 Å². The van der Waals surface area contributed by atoms with E-state index in [4.69, 9.17) is 5.73 Å². The van der Waals surface area contributed by atoms with Crippen LogP contribution in [-0.2, 0) is 13.7 Å². The molecule has 2 aromatic carbocycles. The van der Waals surface area contributed by atoms with Gasteiger partial charge >= 0.3 is 0 Å². The third-order valence-electron chi connectivity index (χ3n) is 7.11. The number of carbonyl (C=O) groups excluding carboxylic acids is 1. The Labute approximate surface area is 228 Å². The standard InChI is InChI=1S/C29H26FN7O3/c1-15(39)24-12-19(13-36(24)2)32-29-34-26(33-28(31)35-29)20-4-3-5-23(21(20)14-38)37-9-8-17-10-18(16-6-7-16)11-22(30)25(17)27(37)40/h3-5,8-13,16,38H,6-7,14H2,1-2H3,(H3,31,32,33,34,35). The number of pyridine rings is 1. The van der Waals surface area contributed by atoms with Crippen molar-refractivity contribution < 1.29 is 14.3 Å². The van der Waals surface area contributed by atoms with Crippen LogP contribution in [0.2, 0.25) is 0 Å². The SMILES string of the molecule is CC(=O)c1cc(Nc2nc(N)nc(-c3cccc(-n4ccc5cc(C6CC6)cc(F)c5c4=O)c3CO)n2)cn1C. The lowest BCUT2D eigenvalue weighted by Gasteiger charge is -2.16. The van der Waals surface area contributed by atoms with Gasteiger partial charge in [-0.15, -0.1) is 0 Å². The molecule has 4 N–H and O–H groups in total. The summed E-state index contributed by atoms with van der Waals surface area (Å²) in [5, 5.41) is 14.0. The van der Waals surface area contributed by atoms with E-state index < -0.39 is 18.0 Å². The van der Waals surface area contributed by atoms with Gasteiger partial charge in [-0.3, -0.25) is 14.2 Å². The number of Topliss-reactive ketones (excluding diaryl/α,β-unsaturated/α-hetero) is 1. The highest BCUT2D eigenvalue weighted by molar-refractivity contribution is 5.94. The average molecular weight is 540 g/mol. The lowest BCUT2D eigenvalue weighted by molar-refractivity contribution is 0.101. The normalized spacial score (nSPS) is 13.1. The van der Waals surface area contributed by atoms with E-state index in [1.807, 2.05) is 6.07 Å². The first-order valence-electron chi connectivity index (χ1n) is 12.8. The van der Waals surface area contributed by atoms with Crippen LogP contribution in [0.5, 0.6) is 0 Å². The summed E-state index contributed by atoms with van der Waals surface area (Å²) in [6, 6.07) is 11.7. The summed E-state index contributed by atoms with van der Waals surface area (Å²) in [6.45, 7) is 1.02. The van der Waals surface area contributed by atoms with E-state index in [0.29, 0.717) is 39.5 Å². The van der Waals surface area contributed by atoms with E-state index in [9.17, 15) is 14.7 Å². The number of nitrogens with two attached hydrogens (primary N) is 1. The van der Waals surface area contributed by atoms with Crippen LogP contribution in [0.1, 0.15) is 47.3 Å². The van der Waals surface area contributed by atoms with Crippen molar-refractivity contribution in [2.45, 2.75) is 32.3 Å². The van der Waals surface area contributed by atoms with E-state index in [0.717, 1.165) is 18.4 Å². The minimum Gasteiger partial charge on any atom is -0.392 e. The van der Waals surface area contributed by atoms with E-state index in [-0.39, 0.29) is 28.9 Å². The van der Waals surface area contributed by atoms with Crippen molar-refractivity contribution >= 4 is 34.1 Å². The highest BCUT2D eigenvalue weighted by Gasteiger charge is 2.25. The maximum absolute atomic E-state index is 15.1. The van der Waals surface area contributed by atoms with Gasteiger partial charge in [0.1, 0.15) is 5.82 Å². The van der Waals surface area contributed by atoms with Gasteiger partial charge in [0, 0.05) is 37.5 Å². The molecule has 3 heterocycles. The molecule has 202 valence electrons. The van der Waals surface area contributed by atoms with Crippen LogP contribution in [-0.4, -0.2) is 35.0 Å². The number of carbonyl (C=O) groups is 1. The molecule has 0 amide bonds. The summed E-state index contributed by atoms with van der Waals surface area (Å²) >= 11 is 0. The Kier molecular flexibility index (Phi) is 6.15. The van der Waals surface area contributed by atoms with Crippen LogP contribution in [0.3, 0.4) is 0 Å². The van der Waals surface area contributed by atoms with Gasteiger partial charge in [0.2, 0.25) is 11.9 Å². The number of nitrogen functional groups attached to an aromatic ring is 1. The van der Waals surface area contributed by atoms with Crippen molar-refractivity contribution in [2.75, 3.05) is 11.1 Å². The number of aryl methyl sites for hydroxylation is 1. The van der Waals surface area contributed by atoms with Crippen molar-refractivity contribution in [3.63, 3.8) is 0 Å². The third-order valence-corrected chi connectivity index (χ3v) is 7.11. The Morgan fingerprint density at radius 1 is 1.18 bits per heavy atom. The Balaban J connectivity index is 1.43. The molecule has 0 unspecified atom stereocenters. The molecule has 0 bridgehead atoms. The number of aliphatic hydroxyl groups excluding tert-OH is 1. The number of nitrogens with one attached hydrogen (secondary N) is 1. The Bertz CT molecular complexity index is 1870. The Morgan fingerprint density at radius 2 is 1.98 bits per heavy atom. The van der Waals surface area contributed by atoms with Crippen LogP contribution in [0.4, 0.5) is 22.0 Å². The fourth-order valence-corrected chi connectivity index (χ4v) is 5.05. The number of nitrogens with zero attached hydrogens (tertiary/aromatic N) is 5. The lowest BCUT2D eigenvalue weighted by Crippen LogP contribution is -2.20. The number of anilines is 3. The summed E-state index contributed by atoms with van der Waals surface area (Å²) < 4.78 is 18.1. The van der Waals surface area contributed by atoms with Gasteiger partial charge < -0.3 is 20.7 Å². The molecular formula is C29H26FN7O3. The monoisotopic (exact) mass is 539 g/mol.